The zero-order valence-electron chi connectivity index (χ0n) is 11.2. The van der Waals surface area contributed by atoms with E-state index in [0.717, 1.165) is 19.5 Å². The lowest BCUT2D eigenvalue weighted by Crippen LogP contribution is -2.21. The number of nitrogens with zero attached hydrogens (tertiary/aromatic N) is 1. The van der Waals surface area contributed by atoms with Crippen LogP contribution in [-0.2, 0) is 13.6 Å². The molecule has 0 fully saturated rings. The van der Waals surface area contributed by atoms with Crippen molar-refractivity contribution in [3.05, 3.63) is 36.0 Å². The largest absolute Gasteiger partial charge is 0.396 e. The summed E-state index contributed by atoms with van der Waals surface area (Å²) in [5.74, 6) is 0.518. The van der Waals surface area contributed by atoms with Crippen molar-refractivity contribution in [3.8, 4) is 0 Å². The minimum absolute atomic E-state index is 0.275. The minimum Gasteiger partial charge on any atom is -0.396 e. The highest BCUT2D eigenvalue weighted by Crippen LogP contribution is 2.19. The summed E-state index contributed by atoms with van der Waals surface area (Å²) in [6, 6.07) is 8.47. The molecule has 0 saturated heterocycles. The monoisotopic (exact) mass is 246 g/mol. The predicted molar refractivity (Wildman–Crippen MR) is 75.5 cm³/mol. The van der Waals surface area contributed by atoms with Gasteiger partial charge in [0.1, 0.15) is 0 Å². The molecule has 98 valence electrons. The third-order valence-electron chi connectivity index (χ3n) is 3.41. The maximum atomic E-state index is 8.87. The van der Waals surface area contributed by atoms with E-state index >= 15 is 0 Å². The lowest BCUT2D eigenvalue weighted by atomic mass is 10.1. The van der Waals surface area contributed by atoms with Crippen molar-refractivity contribution in [1.29, 1.82) is 0 Å². The molecule has 1 atom stereocenters. The molecule has 1 heterocycles. The number of aryl methyl sites for hydroxylation is 1. The lowest BCUT2D eigenvalue weighted by Gasteiger charge is -2.10. The first-order valence-corrected chi connectivity index (χ1v) is 6.57. The highest BCUT2D eigenvalue weighted by molar-refractivity contribution is 5.83. The van der Waals surface area contributed by atoms with Gasteiger partial charge in [-0.3, -0.25) is 0 Å². The van der Waals surface area contributed by atoms with Crippen LogP contribution in [-0.4, -0.2) is 22.8 Å². The van der Waals surface area contributed by atoms with Crippen LogP contribution in [0.15, 0.2) is 30.5 Å². The summed E-state index contributed by atoms with van der Waals surface area (Å²) in [5.41, 5.74) is 2.61. The van der Waals surface area contributed by atoms with Crippen molar-refractivity contribution in [2.24, 2.45) is 13.0 Å². The van der Waals surface area contributed by atoms with Gasteiger partial charge in [0.15, 0.2) is 0 Å². The normalized spacial score (nSPS) is 13.1. The highest BCUT2D eigenvalue weighted by Gasteiger charge is 2.06. The Balaban J connectivity index is 2.00. The van der Waals surface area contributed by atoms with Crippen LogP contribution < -0.4 is 5.32 Å². The van der Waals surface area contributed by atoms with Gasteiger partial charge >= 0.3 is 0 Å². The third kappa shape index (κ3) is 2.92. The summed E-state index contributed by atoms with van der Waals surface area (Å²) < 4.78 is 2.17. The molecule has 3 heteroatoms. The fourth-order valence-corrected chi connectivity index (χ4v) is 2.34. The van der Waals surface area contributed by atoms with E-state index in [4.69, 9.17) is 5.11 Å². The van der Waals surface area contributed by atoms with E-state index in [1.807, 2.05) is 0 Å². The van der Waals surface area contributed by atoms with Crippen LogP contribution in [0, 0.1) is 5.92 Å². The summed E-state index contributed by atoms with van der Waals surface area (Å²) >= 11 is 0. The molecular formula is C15H22N2O. The summed E-state index contributed by atoms with van der Waals surface area (Å²) in [6.07, 6.45) is 3.05. The molecule has 1 unspecified atom stereocenters. The molecule has 0 saturated carbocycles. The molecule has 2 rings (SSSR count). The number of hydrogen-bond donors (Lipinski definition) is 2. The molecule has 1 aromatic heterocycles. The lowest BCUT2D eigenvalue weighted by molar-refractivity contribution is 0.260. The molecule has 0 amide bonds. The standard InChI is InChI=1S/C15H22N2O/c1-12(7-8-18)9-16-10-13-11-17(2)15-6-4-3-5-14(13)15/h3-6,11-12,16,18H,7-10H2,1-2H3. The fraction of sp³-hybridized carbons (Fsp3) is 0.467. The maximum absolute atomic E-state index is 8.87. The van der Waals surface area contributed by atoms with Crippen molar-refractivity contribution in [3.63, 3.8) is 0 Å². The summed E-state index contributed by atoms with van der Waals surface area (Å²) in [7, 11) is 2.08. The van der Waals surface area contributed by atoms with E-state index in [1.54, 1.807) is 0 Å². The number of aromatic nitrogens is 1. The van der Waals surface area contributed by atoms with Gasteiger partial charge in [-0.1, -0.05) is 25.1 Å². The van der Waals surface area contributed by atoms with Crippen molar-refractivity contribution in [2.45, 2.75) is 19.9 Å². The zero-order chi connectivity index (χ0) is 13.0. The fourth-order valence-electron chi connectivity index (χ4n) is 2.34. The van der Waals surface area contributed by atoms with Crippen LogP contribution in [0.2, 0.25) is 0 Å². The van der Waals surface area contributed by atoms with Gasteiger partial charge in [-0.15, -0.1) is 0 Å². The van der Waals surface area contributed by atoms with Crippen LogP contribution in [0.4, 0.5) is 0 Å². The first kappa shape index (κ1) is 13.1. The van der Waals surface area contributed by atoms with Crippen LogP contribution in [0.3, 0.4) is 0 Å². The first-order chi connectivity index (χ1) is 8.72. The number of aliphatic hydroxyl groups is 1. The van der Waals surface area contributed by atoms with Crippen molar-refractivity contribution in [2.75, 3.05) is 13.2 Å². The third-order valence-corrected chi connectivity index (χ3v) is 3.41. The topological polar surface area (TPSA) is 37.2 Å². The average molecular weight is 246 g/mol. The number of rotatable bonds is 6. The van der Waals surface area contributed by atoms with E-state index in [9.17, 15) is 0 Å². The first-order valence-electron chi connectivity index (χ1n) is 6.57. The van der Waals surface area contributed by atoms with Gasteiger partial charge in [0.05, 0.1) is 0 Å². The SMILES string of the molecule is CC(CCO)CNCc1cn(C)c2ccccc12. The number of fused-ring (bicyclic) bond motifs is 1. The van der Waals surface area contributed by atoms with Crippen molar-refractivity contribution in [1.82, 2.24) is 9.88 Å². The maximum Gasteiger partial charge on any atom is 0.0481 e. The van der Waals surface area contributed by atoms with Crippen LogP contribution in [0.1, 0.15) is 18.9 Å². The van der Waals surface area contributed by atoms with E-state index in [-0.39, 0.29) is 6.61 Å². The van der Waals surface area contributed by atoms with Gasteiger partial charge in [-0.05, 0) is 30.5 Å². The Hall–Kier alpha value is -1.32. The predicted octanol–water partition coefficient (Wildman–Crippen LogP) is 2.29. The molecule has 0 aliphatic carbocycles. The number of aliphatic hydroxyl groups excluding tert-OH is 1. The molecule has 3 nitrogen and oxygen atoms in total. The van der Waals surface area contributed by atoms with E-state index in [2.05, 4.69) is 54.3 Å². The van der Waals surface area contributed by atoms with E-state index in [0.29, 0.717) is 5.92 Å². The van der Waals surface area contributed by atoms with E-state index in [1.165, 1.54) is 16.5 Å². The van der Waals surface area contributed by atoms with Gasteiger partial charge in [-0.2, -0.15) is 0 Å². The highest BCUT2D eigenvalue weighted by atomic mass is 16.3. The Bertz CT molecular complexity index is 504. The van der Waals surface area contributed by atoms with E-state index < -0.39 is 0 Å². The summed E-state index contributed by atoms with van der Waals surface area (Å²) in [5, 5.41) is 13.7. The Morgan fingerprint density at radius 2 is 2.11 bits per heavy atom. The molecule has 1 aromatic carbocycles. The molecule has 0 spiro atoms. The number of nitrogens with one attached hydrogen (secondary N) is 1. The number of benzene rings is 1. The molecule has 2 aromatic rings. The smallest absolute Gasteiger partial charge is 0.0481 e. The van der Waals surface area contributed by atoms with Crippen LogP contribution >= 0.6 is 0 Å². The van der Waals surface area contributed by atoms with Crippen LogP contribution in [0.25, 0.3) is 10.9 Å². The molecule has 0 bridgehead atoms. The quantitative estimate of drug-likeness (QED) is 0.820. The van der Waals surface area contributed by atoms with Crippen LogP contribution in [0.5, 0.6) is 0 Å². The van der Waals surface area contributed by atoms with Gasteiger partial charge in [0.2, 0.25) is 0 Å². The molecule has 18 heavy (non-hydrogen) atoms. The Labute approximate surface area is 108 Å². The van der Waals surface area contributed by atoms with Crippen molar-refractivity contribution >= 4 is 10.9 Å². The average Bonchev–Trinajstić information content (AvgIpc) is 2.68. The Morgan fingerprint density at radius 3 is 2.89 bits per heavy atom. The Morgan fingerprint density at radius 1 is 1.33 bits per heavy atom. The second kappa shape index (κ2) is 6.03. The second-order valence-electron chi connectivity index (χ2n) is 5.03. The second-order valence-corrected chi connectivity index (χ2v) is 5.03. The van der Waals surface area contributed by atoms with Crippen molar-refractivity contribution < 1.29 is 5.11 Å². The summed E-state index contributed by atoms with van der Waals surface area (Å²) in [6.45, 7) is 4.27. The minimum atomic E-state index is 0.275. The molecule has 2 N–H and O–H groups in total. The zero-order valence-corrected chi connectivity index (χ0v) is 11.2. The van der Waals surface area contributed by atoms with Gasteiger partial charge < -0.3 is 15.0 Å². The Kier molecular flexibility index (Phi) is 4.39. The molecular weight excluding hydrogens is 224 g/mol. The van der Waals surface area contributed by atoms with Gasteiger partial charge in [0.25, 0.3) is 0 Å². The molecule has 0 radical (unpaired) electrons. The molecule has 0 aliphatic rings. The van der Waals surface area contributed by atoms with Gasteiger partial charge in [-0.25, -0.2) is 0 Å². The molecule has 0 aliphatic heterocycles. The number of hydrogen-bond acceptors (Lipinski definition) is 2. The number of para-hydroxylation sites is 1. The summed E-state index contributed by atoms with van der Waals surface area (Å²) in [4.78, 5) is 0. The van der Waals surface area contributed by atoms with Gasteiger partial charge in [0, 0.05) is 37.3 Å².